The Kier molecular flexibility index (Phi) is 10.6. The van der Waals surface area contributed by atoms with Crippen molar-refractivity contribution in [3.8, 4) is 0 Å². The molecule has 1 saturated heterocycles. The molecule has 2 heterocycles. The highest BCUT2D eigenvalue weighted by Gasteiger charge is 2.21. The van der Waals surface area contributed by atoms with E-state index in [4.69, 9.17) is 4.99 Å². The van der Waals surface area contributed by atoms with Crippen LogP contribution in [0, 0.1) is 6.92 Å². The van der Waals surface area contributed by atoms with Gasteiger partial charge in [-0.2, -0.15) is 0 Å². The average Bonchev–Trinajstić information content (AvgIpc) is 3.05. The van der Waals surface area contributed by atoms with Crippen LogP contribution in [0.5, 0.6) is 0 Å². The molecule has 1 aliphatic heterocycles. The molecule has 1 unspecified atom stereocenters. The van der Waals surface area contributed by atoms with Crippen molar-refractivity contribution >= 4 is 29.9 Å². The number of hydrogen-bond donors (Lipinski definition) is 2. The van der Waals surface area contributed by atoms with Gasteiger partial charge in [0.25, 0.3) is 0 Å². The second-order valence-electron chi connectivity index (χ2n) is 7.87. The van der Waals surface area contributed by atoms with Crippen molar-refractivity contribution in [1.82, 2.24) is 30.3 Å². The van der Waals surface area contributed by atoms with Crippen molar-refractivity contribution in [3.05, 3.63) is 47.5 Å². The molecule has 8 heteroatoms. The third-order valence-electron chi connectivity index (χ3n) is 5.48. The maximum absolute atomic E-state index is 4.80. The number of rotatable bonds is 8. The Morgan fingerprint density at radius 2 is 2.03 bits per heavy atom. The van der Waals surface area contributed by atoms with Gasteiger partial charge in [0, 0.05) is 32.7 Å². The van der Waals surface area contributed by atoms with Crippen LogP contribution in [0.4, 0.5) is 0 Å². The van der Waals surface area contributed by atoms with E-state index in [0.717, 1.165) is 56.6 Å². The highest BCUT2D eigenvalue weighted by atomic mass is 127. The van der Waals surface area contributed by atoms with E-state index in [2.05, 4.69) is 63.0 Å². The van der Waals surface area contributed by atoms with Crippen LogP contribution in [0.25, 0.3) is 0 Å². The minimum Gasteiger partial charge on any atom is -0.356 e. The fourth-order valence-electron chi connectivity index (χ4n) is 3.63. The topological polar surface area (TPSA) is 70.4 Å². The Morgan fingerprint density at radius 1 is 1.23 bits per heavy atom. The highest BCUT2D eigenvalue weighted by Crippen LogP contribution is 2.14. The van der Waals surface area contributed by atoms with E-state index in [-0.39, 0.29) is 24.0 Å². The van der Waals surface area contributed by atoms with Crippen molar-refractivity contribution in [2.75, 3.05) is 19.6 Å². The normalized spacial score (nSPS) is 17.4. The SMILES string of the molecule is CCCCNC(=NCc1nnc(C)n1C)NC1CCCN(Cc2ccccc2)C1.I. The van der Waals surface area contributed by atoms with Crippen molar-refractivity contribution < 1.29 is 0 Å². The molecule has 0 spiro atoms. The summed E-state index contributed by atoms with van der Waals surface area (Å²) in [5.74, 6) is 2.67. The summed E-state index contributed by atoms with van der Waals surface area (Å²) in [5, 5.41) is 15.5. The first-order chi connectivity index (χ1) is 14.2. The van der Waals surface area contributed by atoms with Crippen LogP contribution in [0.1, 0.15) is 49.8 Å². The summed E-state index contributed by atoms with van der Waals surface area (Å²) in [6.45, 7) is 8.82. The van der Waals surface area contributed by atoms with Crippen LogP contribution >= 0.6 is 24.0 Å². The molecule has 0 bridgehead atoms. The van der Waals surface area contributed by atoms with Crippen molar-refractivity contribution in [1.29, 1.82) is 0 Å². The van der Waals surface area contributed by atoms with Gasteiger partial charge in [0.05, 0.1) is 0 Å². The van der Waals surface area contributed by atoms with E-state index < -0.39 is 0 Å². The summed E-state index contributed by atoms with van der Waals surface area (Å²) in [6.07, 6.45) is 4.67. The molecule has 0 radical (unpaired) electrons. The molecule has 0 saturated carbocycles. The number of nitrogens with zero attached hydrogens (tertiary/aromatic N) is 5. The fourth-order valence-corrected chi connectivity index (χ4v) is 3.63. The van der Waals surface area contributed by atoms with Gasteiger partial charge in [0.2, 0.25) is 0 Å². The number of aryl methyl sites for hydroxylation is 1. The zero-order valence-corrected chi connectivity index (χ0v) is 20.8. The zero-order valence-electron chi connectivity index (χ0n) is 18.5. The van der Waals surface area contributed by atoms with Crippen molar-refractivity contribution in [3.63, 3.8) is 0 Å². The molecule has 30 heavy (non-hydrogen) atoms. The Bertz CT molecular complexity index is 775. The molecule has 7 nitrogen and oxygen atoms in total. The summed E-state index contributed by atoms with van der Waals surface area (Å²) < 4.78 is 2.00. The Hall–Kier alpha value is -1.68. The number of nitrogens with one attached hydrogen (secondary N) is 2. The lowest BCUT2D eigenvalue weighted by Crippen LogP contribution is -2.51. The number of likely N-dealkylation sites (tertiary alicyclic amines) is 1. The summed E-state index contributed by atoms with van der Waals surface area (Å²) in [4.78, 5) is 7.33. The number of piperidine rings is 1. The molecule has 1 atom stereocenters. The van der Waals surface area contributed by atoms with Crippen LogP contribution in [0.15, 0.2) is 35.3 Å². The number of benzene rings is 1. The molecule has 2 N–H and O–H groups in total. The van der Waals surface area contributed by atoms with E-state index in [1.54, 1.807) is 0 Å². The molecule has 166 valence electrons. The molecule has 1 aliphatic rings. The maximum Gasteiger partial charge on any atom is 0.191 e. The first kappa shape index (κ1) is 24.6. The van der Waals surface area contributed by atoms with Gasteiger partial charge in [-0.1, -0.05) is 43.7 Å². The number of unbranched alkanes of at least 4 members (excludes halogenated alkanes) is 1. The Balaban J connectivity index is 0.00000320. The van der Waals surface area contributed by atoms with E-state index in [1.165, 1.54) is 18.4 Å². The Morgan fingerprint density at radius 3 is 2.73 bits per heavy atom. The molecular weight excluding hydrogens is 489 g/mol. The lowest BCUT2D eigenvalue weighted by Gasteiger charge is -2.34. The summed E-state index contributed by atoms with van der Waals surface area (Å²) >= 11 is 0. The molecule has 1 aromatic carbocycles. The largest absolute Gasteiger partial charge is 0.356 e. The van der Waals surface area contributed by atoms with Crippen LogP contribution in [0.2, 0.25) is 0 Å². The maximum atomic E-state index is 4.80. The van der Waals surface area contributed by atoms with Gasteiger partial charge >= 0.3 is 0 Å². The second kappa shape index (κ2) is 12.9. The number of aliphatic imine (C=N–C) groups is 1. The highest BCUT2D eigenvalue weighted by molar-refractivity contribution is 14.0. The van der Waals surface area contributed by atoms with Crippen molar-refractivity contribution in [2.45, 2.75) is 58.7 Å². The predicted octanol–water partition coefficient (Wildman–Crippen LogP) is 3.24. The number of guanidine groups is 1. The zero-order chi connectivity index (χ0) is 20.5. The van der Waals surface area contributed by atoms with E-state index in [9.17, 15) is 0 Å². The van der Waals surface area contributed by atoms with E-state index in [1.807, 2.05) is 18.5 Å². The third kappa shape index (κ3) is 7.54. The molecular formula is C22H36IN7. The molecule has 1 fully saturated rings. The fraction of sp³-hybridized carbons (Fsp3) is 0.591. The standard InChI is InChI=1S/C22H35N7.HI/c1-4-5-13-23-22(24-15-21-27-26-18(2)28(21)3)25-20-12-9-14-29(17-20)16-19-10-7-6-8-11-19;/h6-8,10-11,20H,4-5,9,12-17H2,1-3H3,(H2,23,24,25);1H. The van der Waals surface area contributed by atoms with Crippen LogP contribution in [-0.4, -0.2) is 51.3 Å². The smallest absolute Gasteiger partial charge is 0.191 e. The first-order valence-corrected chi connectivity index (χ1v) is 10.8. The van der Waals surface area contributed by atoms with Gasteiger partial charge in [-0.15, -0.1) is 34.2 Å². The van der Waals surface area contributed by atoms with Crippen LogP contribution < -0.4 is 10.6 Å². The average molecular weight is 525 g/mol. The van der Waals surface area contributed by atoms with Gasteiger partial charge in [-0.3, -0.25) is 4.90 Å². The second-order valence-corrected chi connectivity index (χ2v) is 7.87. The predicted molar refractivity (Wildman–Crippen MR) is 133 cm³/mol. The lowest BCUT2D eigenvalue weighted by atomic mass is 10.0. The lowest BCUT2D eigenvalue weighted by molar-refractivity contribution is 0.192. The summed E-state index contributed by atoms with van der Waals surface area (Å²) in [5.41, 5.74) is 1.38. The van der Waals surface area contributed by atoms with Gasteiger partial charge in [-0.25, -0.2) is 4.99 Å². The summed E-state index contributed by atoms with van der Waals surface area (Å²) in [7, 11) is 1.99. The van der Waals surface area contributed by atoms with Gasteiger partial charge in [0.15, 0.2) is 11.8 Å². The third-order valence-corrected chi connectivity index (χ3v) is 5.48. The minimum absolute atomic E-state index is 0. The monoisotopic (exact) mass is 525 g/mol. The minimum atomic E-state index is 0. The number of halogens is 1. The van der Waals surface area contributed by atoms with Crippen LogP contribution in [0.3, 0.4) is 0 Å². The van der Waals surface area contributed by atoms with Gasteiger partial charge in [0.1, 0.15) is 12.4 Å². The Labute approximate surface area is 197 Å². The number of aromatic nitrogens is 3. The molecule has 0 amide bonds. The molecule has 3 rings (SSSR count). The van der Waals surface area contributed by atoms with E-state index >= 15 is 0 Å². The van der Waals surface area contributed by atoms with Gasteiger partial charge < -0.3 is 15.2 Å². The van der Waals surface area contributed by atoms with E-state index in [0.29, 0.717) is 12.6 Å². The first-order valence-electron chi connectivity index (χ1n) is 10.8. The molecule has 0 aliphatic carbocycles. The van der Waals surface area contributed by atoms with Crippen molar-refractivity contribution in [2.24, 2.45) is 12.0 Å². The quantitative estimate of drug-likeness (QED) is 0.240. The van der Waals surface area contributed by atoms with Gasteiger partial charge in [-0.05, 0) is 38.3 Å². The van der Waals surface area contributed by atoms with Crippen LogP contribution in [-0.2, 0) is 20.1 Å². The molecule has 1 aromatic heterocycles. The molecule has 2 aromatic rings. The number of hydrogen-bond acceptors (Lipinski definition) is 4. The summed E-state index contributed by atoms with van der Waals surface area (Å²) in [6, 6.07) is 11.1.